The highest BCUT2D eigenvalue weighted by Crippen LogP contribution is 2.31. The summed E-state index contributed by atoms with van der Waals surface area (Å²) in [6.45, 7) is 1.91. The second-order valence-corrected chi connectivity index (χ2v) is 5.98. The molecule has 9 heteroatoms. The third-order valence-electron chi connectivity index (χ3n) is 3.55. The second-order valence-electron chi connectivity index (χ2n) is 5.98. The van der Waals surface area contributed by atoms with Crippen molar-refractivity contribution < 1.29 is 17.6 Å². The number of benzene rings is 1. The molecular weight excluding hydrogens is 350 g/mol. The number of rotatable bonds is 3. The molecule has 1 N–H and O–H groups in total. The van der Waals surface area contributed by atoms with E-state index in [1.807, 2.05) is 0 Å². The summed E-state index contributed by atoms with van der Waals surface area (Å²) in [6, 6.07) is 4.53. The van der Waals surface area contributed by atoms with Gasteiger partial charge in [0.25, 0.3) is 5.78 Å². The van der Waals surface area contributed by atoms with Crippen LogP contribution < -0.4 is 5.32 Å². The Labute approximate surface area is 147 Å². The largest absolute Gasteiger partial charge is 0.419 e. The van der Waals surface area contributed by atoms with Gasteiger partial charge in [0.1, 0.15) is 18.0 Å². The molecule has 138 valence electrons. The predicted molar refractivity (Wildman–Crippen MR) is 88.1 cm³/mol. The van der Waals surface area contributed by atoms with Crippen LogP contribution in [0.1, 0.15) is 36.1 Å². The van der Waals surface area contributed by atoms with Crippen LogP contribution in [0, 0.1) is 12.7 Å². The Morgan fingerprint density at radius 1 is 1.15 bits per heavy atom. The number of nitrogens with one attached hydrogen (secondary N) is 1. The number of anilines is 1. The first-order chi connectivity index (χ1) is 12.3. The van der Waals surface area contributed by atoms with E-state index in [1.165, 1.54) is 36.2 Å². The minimum atomic E-state index is -4.70. The lowest BCUT2D eigenvalue weighted by Gasteiger charge is -2.11. The number of halogens is 4. The summed E-state index contributed by atoms with van der Waals surface area (Å²) in [6.07, 6.45) is 1.13. The number of fused-ring (bicyclic) bond motifs is 1. The lowest BCUT2D eigenvalue weighted by molar-refractivity contribution is -0.140. The van der Waals surface area contributed by atoms with Crippen molar-refractivity contribution >= 4 is 11.6 Å². The van der Waals surface area contributed by atoms with Crippen LogP contribution in [-0.4, -0.2) is 19.6 Å². The fraction of sp³-hybridized carbons (Fsp3) is 0.353. The normalized spacial score (nSPS) is 13.3. The molecule has 1 fully saturated rings. The van der Waals surface area contributed by atoms with Gasteiger partial charge in [-0.1, -0.05) is 25.3 Å². The summed E-state index contributed by atoms with van der Waals surface area (Å²) in [5.74, 6) is -0.343. The van der Waals surface area contributed by atoms with E-state index >= 15 is 0 Å². The van der Waals surface area contributed by atoms with Crippen molar-refractivity contribution in [1.29, 1.82) is 0 Å². The van der Waals surface area contributed by atoms with E-state index in [0.717, 1.165) is 12.1 Å². The zero-order chi connectivity index (χ0) is 18.7. The highest BCUT2D eigenvalue weighted by atomic mass is 19.4. The van der Waals surface area contributed by atoms with Gasteiger partial charge in [-0.05, 0) is 24.6 Å². The Morgan fingerprint density at radius 3 is 2.50 bits per heavy atom. The average Bonchev–Trinajstić information content (AvgIpc) is 3.37. The third-order valence-corrected chi connectivity index (χ3v) is 3.55. The Morgan fingerprint density at radius 2 is 1.88 bits per heavy atom. The van der Waals surface area contributed by atoms with Crippen molar-refractivity contribution in [2.75, 3.05) is 5.32 Å². The quantitative estimate of drug-likeness (QED) is 0.699. The molecule has 1 aromatic carbocycles. The van der Waals surface area contributed by atoms with Gasteiger partial charge < -0.3 is 5.32 Å². The van der Waals surface area contributed by atoms with Gasteiger partial charge in [-0.15, -0.1) is 0 Å². The number of alkyl halides is 3. The first-order valence-corrected chi connectivity index (χ1v) is 8.11. The fourth-order valence-corrected chi connectivity index (χ4v) is 2.15. The zero-order valence-corrected chi connectivity index (χ0v) is 14.0. The van der Waals surface area contributed by atoms with E-state index in [9.17, 15) is 17.6 Å². The minimum absolute atomic E-state index is 0.132. The summed E-state index contributed by atoms with van der Waals surface area (Å²) in [5, 5.41) is 6.98. The van der Waals surface area contributed by atoms with Gasteiger partial charge in [0.15, 0.2) is 0 Å². The maximum absolute atomic E-state index is 13.6. The van der Waals surface area contributed by atoms with Crippen molar-refractivity contribution in [1.82, 2.24) is 19.6 Å². The van der Waals surface area contributed by atoms with Crippen molar-refractivity contribution in [2.24, 2.45) is 0 Å². The van der Waals surface area contributed by atoms with Crippen molar-refractivity contribution in [3.63, 3.8) is 0 Å². The Balaban J connectivity index is 0.000000592. The monoisotopic (exact) mass is 367 g/mol. The topological polar surface area (TPSA) is 55.1 Å². The molecule has 5 nitrogen and oxygen atoms in total. The van der Waals surface area contributed by atoms with Crippen molar-refractivity contribution in [3.8, 4) is 0 Å². The zero-order valence-electron chi connectivity index (χ0n) is 14.0. The summed E-state index contributed by atoms with van der Waals surface area (Å²) in [5.41, 5.74) is -0.204. The van der Waals surface area contributed by atoms with Crippen LogP contribution in [0.25, 0.3) is 5.78 Å². The Bertz CT molecular complexity index is 899. The van der Waals surface area contributed by atoms with Gasteiger partial charge in [0.05, 0.1) is 5.56 Å². The summed E-state index contributed by atoms with van der Waals surface area (Å²) < 4.78 is 52.6. The van der Waals surface area contributed by atoms with Gasteiger partial charge in [0.2, 0.25) is 0 Å². The highest BCUT2D eigenvalue weighted by molar-refractivity contribution is 5.45. The van der Waals surface area contributed by atoms with Gasteiger partial charge in [-0.2, -0.15) is 27.8 Å². The lowest BCUT2D eigenvalue weighted by Crippen LogP contribution is -2.10. The summed E-state index contributed by atoms with van der Waals surface area (Å²) in [7, 11) is 0. The molecule has 0 bridgehead atoms. The van der Waals surface area contributed by atoms with Crippen LogP contribution in [0.15, 0.2) is 30.6 Å². The maximum atomic E-state index is 13.6. The number of hydrogen-bond donors (Lipinski definition) is 1. The van der Waals surface area contributed by atoms with E-state index in [2.05, 4.69) is 20.4 Å². The molecule has 2 aromatic heterocycles. The molecule has 0 unspecified atom stereocenters. The van der Waals surface area contributed by atoms with Crippen LogP contribution in [0.5, 0.6) is 0 Å². The smallest absolute Gasteiger partial charge is 0.366 e. The highest BCUT2D eigenvalue weighted by Gasteiger charge is 2.33. The molecule has 1 aliphatic carbocycles. The average molecular weight is 367 g/mol. The SMILES string of the molecule is C1CC1.Cc1cc(NCc2ccc(C(F)(F)F)c(F)c2)n2ncnc2n1. The molecule has 26 heavy (non-hydrogen) atoms. The van der Waals surface area contributed by atoms with E-state index in [1.54, 1.807) is 13.0 Å². The molecule has 0 aliphatic heterocycles. The van der Waals surface area contributed by atoms with Gasteiger partial charge >= 0.3 is 6.18 Å². The third kappa shape index (κ3) is 4.47. The molecule has 0 radical (unpaired) electrons. The lowest BCUT2D eigenvalue weighted by atomic mass is 10.1. The number of hydrogen-bond acceptors (Lipinski definition) is 4. The molecule has 3 aromatic rings. The fourth-order valence-electron chi connectivity index (χ4n) is 2.15. The molecule has 0 saturated heterocycles. The van der Waals surface area contributed by atoms with Crippen molar-refractivity contribution in [3.05, 3.63) is 53.2 Å². The second kappa shape index (κ2) is 7.27. The molecule has 1 aliphatic rings. The maximum Gasteiger partial charge on any atom is 0.419 e. The van der Waals surface area contributed by atoms with E-state index in [-0.39, 0.29) is 6.54 Å². The van der Waals surface area contributed by atoms with Crippen molar-refractivity contribution in [2.45, 2.75) is 38.9 Å². The molecule has 0 atom stereocenters. The minimum Gasteiger partial charge on any atom is -0.366 e. The first-order valence-electron chi connectivity index (χ1n) is 8.11. The number of nitrogens with zero attached hydrogens (tertiary/aromatic N) is 4. The number of aromatic nitrogens is 4. The molecule has 0 amide bonds. The standard InChI is InChI=1S/C14H11F4N5.C3H6/c1-8-4-12(23-13(22-8)20-7-21-23)19-6-9-2-3-10(11(15)5-9)14(16,17)18;1-2-3-1/h2-5,7,19H,6H2,1H3;1-3H2. The molecule has 4 rings (SSSR count). The van der Waals surface area contributed by atoms with Gasteiger partial charge in [-0.3, -0.25) is 0 Å². The van der Waals surface area contributed by atoms with Crippen LogP contribution in [0.2, 0.25) is 0 Å². The summed E-state index contributed by atoms with van der Waals surface area (Å²) in [4.78, 5) is 8.13. The Kier molecular flexibility index (Phi) is 5.06. The van der Waals surface area contributed by atoms with Gasteiger partial charge in [0, 0.05) is 18.3 Å². The first kappa shape index (κ1) is 18.1. The van der Waals surface area contributed by atoms with E-state index in [4.69, 9.17) is 0 Å². The van der Waals surface area contributed by atoms with Crippen LogP contribution in [-0.2, 0) is 12.7 Å². The number of aryl methyl sites for hydroxylation is 1. The van der Waals surface area contributed by atoms with Crippen LogP contribution in [0.3, 0.4) is 0 Å². The van der Waals surface area contributed by atoms with E-state index in [0.29, 0.717) is 22.9 Å². The van der Waals surface area contributed by atoms with Crippen LogP contribution in [0.4, 0.5) is 23.4 Å². The van der Waals surface area contributed by atoms with Gasteiger partial charge in [-0.25, -0.2) is 9.37 Å². The van der Waals surface area contributed by atoms with Crippen LogP contribution >= 0.6 is 0 Å². The molecule has 2 heterocycles. The van der Waals surface area contributed by atoms with E-state index < -0.39 is 17.6 Å². The predicted octanol–water partition coefficient (Wildman–Crippen LogP) is 4.37. The summed E-state index contributed by atoms with van der Waals surface area (Å²) >= 11 is 0. The Hall–Kier alpha value is -2.71. The molecular formula is C17H17F4N5. The molecule has 1 saturated carbocycles. The molecule has 0 spiro atoms.